The zero-order chi connectivity index (χ0) is 18.0. The highest BCUT2D eigenvalue weighted by Crippen LogP contribution is 2.36. The molecule has 0 spiro atoms. The second-order valence-corrected chi connectivity index (χ2v) is 5.99. The van der Waals surface area contributed by atoms with Gasteiger partial charge in [0, 0.05) is 12.0 Å². The van der Waals surface area contributed by atoms with Crippen LogP contribution < -0.4 is 20.4 Å². The van der Waals surface area contributed by atoms with Gasteiger partial charge in [-0.05, 0) is 37.5 Å². The van der Waals surface area contributed by atoms with Crippen molar-refractivity contribution in [1.82, 2.24) is 4.98 Å². The second kappa shape index (κ2) is 6.96. The Balaban J connectivity index is 1.87. The van der Waals surface area contributed by atoms with Gasteiger partial charge in [-0.25, -0.2) is 4.79 Å². The highest BCUT2D eigenvalue weighted by atomic mass is 16.5. The molecule has 0 atom stereocenters. The highest BCUT2D eigenvalue weighted by molar-refractivity contribution is 6.05. The molecule has 0 radical (unpaired) electrons. The first-order valence-corrected chi connectivity index (χ1v) is 8.08. The fourth-order valence-corrected chi connectivity index (χ4v) is 2.77. The number of hydrogen-bond acceptors (Lipinski definition) is 6. The SMILES string of the molecule is COc1ccc(NC(=O)c2c(C)cc(C3CCC3)oc2=O)c(OC)n1. The normalized spacial score (nSPS) is 13.9. The number of rotatable bonds is 5. The van der Waals surface area contributed by atoms with E-state index < -0.39 is 11.5 Å². The first-order chi connectivity index (χ1) is 12.0. The Morgan fingerprint density at radius 1 is 1.28 bits per heavy atom. The van der Waals surface area contributed by atoms with Crippen LogP contribution in [0, 0.1) is 6.92 Å². The number of anilines is 1. The van der Waals surface area contributed by atoms with E-state index in [1.54, 1.807) is 25.1 Å². The molecule has 1 fully saturated rings. The zero-order valence-corrected chi connectivity index (χ0v) is 14.4. The Hall–Kier alpha value is -2.83. The summed E-state index contributed by atoms with van der Waals surface area (Å²) < 4.78 is 15.5. The van der Waals surface area contributed by atoms with Crippen molar-refractivity contribution in [2.45, 2.75) is 32.1 Å². The molecule has 0 unspecified atom stereocenters. The number of carbonyl (C=O) groups is 1. The average Bonchev–Trinajstić information content (AvgIpc) is 2.53. The van der Waals surface area contributed by atoms with Crippen LogP contribution >= 0.6 is 0 Å². The van der Waals surface area contributed by atoms with Crippen molar-refractivity contribution in [3.63, 3.8) is 0 Å². The molecule has 1 saturated carbocycles. The van der Waals surface area contributed by atoms with Crippen molar-refractivity contribution in [2.75, 3.05) is 19.5 Å². The quantitative estimate of drug-likeness (QED) is 0.897. The minimum absolute atomic E-state index is 0.0130. The number of amides is 1. The number of nitrogens with one attached hydrogen (secondary N) is 1. The molecular weight excluding hydrogens is 324 g/mol. The van der Waals surface area contributed by atoms with E-state index in [0.29, 0.717) is 22.9 Å². The van der Waals surface area contributed by atoms with Crippen LogP contribution in [-0.4, -0.2) is 25.1 Å². The third-order valence-corrected chi connectivity index (χ3v) is 4.39. The van der Waals surface area contributed by atoms with Gasteiger partial charge in [-0.3, -0.25) is 4.79 Å². The number of carbonyl (C=O) groups excluding carboxylic acids is 1. The van der Waals surface area contributed by atoms with Crippen LogP contribution in [0.3, 0.4) is 0 Å². The van der Waals surface area contributed by atoms with E-state index in [9.17, 15) is 9.59 Å². The number of pyridine rings is 1. The Kier molecular flexibility index (Phi) is 4.74. The highest BCUT2D eigenvalue weighted by Gasteiger charge is 2.25. The predicted octanol–water partition coefficient (Wildman–Crippen LogP) is 2.88. The molecule has 25 heavy (non-hydrogen) atoms. The summed E-state index contributed by atoms with van der Waals surface area (Å²) in [5.41, 5.74) is 0.298. The molecule has 0 aromatic carbocycles. The van der Waals surface area contributed by atoms with Gasteiger partial charge < -0.3 is 19.2 Å². The minimum Gasteiger partial charge on any atom is -0.481 e. The standard InChI is InChI=1S/C18H20N2O5/c1-10-9-13(11-5-4-6-11)25-18(22)15(10)16(21)19-12-7-8-14(23-2)20-17(12)24-3/h7-9,11H,4-6H2,1-3H3,(H,19,21). The van der Waals surface area contributed by atoms with Crippen LogP contribution in [0.2, 0.25) is 0 Å². The van der Waals surface area contributed by atoms with Gasteiger partial charge in [0.1, 0.15) is 17.0 Å². The fourth-order valence-electron chi connectivity index (χ4n) is 2.77. The monoisotopic (exact) mass is 344 g/mol. The Bertz CT molecular complexity index is 855. The molecule has 0 aliphatic heterocycles. The van der Waals surface area contributed by atoms with Gasteiger partial charge >= 0.3 is 5.63 Å². The van der Waals surface area contributed by atoms with Crippen LogP contribution in [0.5, 0.6) is 11.8 Å². The fraction of sp³-hybridized carbons (Fsp3) is 0.389. The number of nitrogens with zero attached hydrogens (tertiary/aromatic N) is 1. The molecule has 2 aromatic heterocycles. The lowest BCUT2D eigenvalue weighted by atomic mass is 9.83. The maximum atomic E-state index is 12.6. The van der Waals surface area contributed by atoms with Gasteiger partial charge in [-0.2, -0.15) is 4.98 Å². The Morgan fingerprint density at radius 2 is 2.04 bits per heavy atom. The first kappa shape index (κ1) is 17.0. The van der Waals surface area contributed by atoms with Crippen molar-refractivity contribution in [3.8, 4) is 11.8 Å². The zero-order valence-electron chi connectivity index (χ0n) is 14.4. The molecule has 3 rings (SSSR count). The van der Waals surface area contributed by atoms with E-state index in [2.05, 4.69) is 10.3 Å². The van der Waals surface area contributed by atoms with Gasteiger partial charge in [0.15, 0.2) is 0 Å². The molecule has 1 aliphatic carbocycles. The van der Waals surface area contributed by atoms with E-state index in [0.717, 1.165) is 19.3 Å². The minimum atomic E-state index is -0.625. The lowest BCUT2D eigenvalue weighted by Crippen LogP contribution is -2.24. The van der Waals surface area contributed by atoms with Gasteiger partial charge in [-0.1, -0.05) is 6.42 Å². The Labute approximate surface area is 145 Å². The molecule has 2 aromatic rings. The summed E-state index contributed by atoms with van der Waals surface area (Å²) in [6.07, 6.45) is 3.17. The van der Waals surface area contributed by atoms with Gasteiger partial charge in [-0.15, -0.1) is 0 Å². The summed E-state index contributed by atoms with van der Waals surface area (Å²) in [6.45, 7) is 1.73. The molecule has 1 amide bonds. The van der Waals surface area contributed by atoms with Crippen molar-refractivity contribution in [3.05, 3.63) is 45.5 Å². The molecule has 7 nitrogen and oxygen atoms in total. The van der Waals surface area contributed by atoms with Crippen molar-refractivity contribution >= 4 is 11.6 Å². The molecule has 0 bridgehead atoms. The van der Waals surface area contributed by atoms with Crippen LogP contribution in [0.15, 0.2) is 27.4 Å². The maximum absolute atomic E-state index is 12.6. The molecule has 0 saturated heterocycles. The summed E-state index contributed by atoms with van der Waals surface area (Å²) in [5.74, 6) is 0.941. The number of hydrogen-bond donors (Lipinski definition) is 1. The van der Waals surface area contributed by atoms with Crippen LogP contribution in [0.4, 0.5) is 5.69 Å². The predicted molar refractivity (Wildman–Crippen MR) is 91.6 cm³/mol. The van der Waals surface area contributed by atoms with Gasteiger partial charge in [0.05, 0.1) is 14.2 Å². The van der Waals surface area contributed by atoms with Crippen LogP contribution in [0.25, 0.3) is 0 Å². The first-order valence-electron chi connectivity index (χ1n) is 8.08. The van der Waals surface area contributed by atoms with Crippen LogP contribution in [-0.2, 0) is 0 Å². The molecule has 1 aliphatic rings. The average molecular weight is 344 g/mol. The number of methoxy groups -OCH3 is 2. The number of ether oxygens (including phenoxy) is 2. The smallest absolute Gasteiger partial charge is 0.349 e. The van der Waals surface area contributed by atoms with Crippen molar-refractivity contribution in [2.24, 2.45) is 0 Å². The lowest BCUT2D eigenvalue weighted by molar-refractivity contribution is 0.102. The molecule has 7 heteroatoms. The van der Waals surface area contributed by atoms with Crippen molar-refractivity contribution in [1.29, 1.82) is 0 Å². The third kappa shape index (κ3) is 3.35. The summed E-state index contributed by atoms with van der Waals surface area (Å²) >= 11 is 0. The third-order valence-electron chi connectivity index (χ3n) is 4.39. The summed E-state index contributed by atoms with van der Waals surface area (Å²) in [6, 6.07) is 4.97. The molecular formula is C18H20N2O5. The van der Waals surface area contributed by atoms with E-state index in [1.807, 2.05) is 0 Å². The maximum Gasteiger partial charge on any atom is 0.349 e. The molecule has 132 valence electrons. The summed E-state index contributed by atoms with van der Waals surface area (Å²) in [7, 11) is 2.92. The Morgan fingerprint density at radius 3 is 2.60 bits per heavy atom. The van der Waals surface area contributed by atoms with Crippen molar-refractivity contribution < 1.29 is 18.7 Å². The summed E-state index contributed by atoms with van der Waals surface area (Å²) in [5, 5.41) is 2.65. The van der Waals surface area contributed by atoms with Gasteiger partial charge in [0.25, 0.3) is 5.91 Å². The lowest BCUT2D eigenvalue weighted by Gasteiger charge is -2.24. The molecule has 1 N–H and O–H groups in total. The second-order valence-electron chi connectivity index (χ2n) is 5.99. The number of aromatic nitrogens is 1. The largest absolute Gasteiger partial charge is 0.481 e. The molecule has 2 heterocycles. The van der Waals surface area contributed by atoms with E-state index in [1.165, 1.54) is 14.2 Å². The van der Waals surface area contributed by atoms with E-state index in [4.69, 9.17) is 13.9 Å². The topological polar surface area (TPSA) is 90.7 Å². The van der Waals surface area contributed by atoms with E-state index >= 15 is 0 Å². The number of aryl methyl sites for hydroxylation is 1. The summed E-state index contributed by atoms with van der Waals surface area (Å²) in [4.78, 5) is 29.0. The van der Waals surface area contributed by atoms with Gasteiger partial charge in [0.2, 0.25) is 11.8 Å². The van der Waals surface area contributed by atoms with E-state index in [-0.39, 0.29) is 17.4 Å². The van der Waals surface area contributed by atoms with Crippen LogP contribution in [0.1, 0.15) is 46.9 Å².